The maximum atomic E-state index is 11.9. The summed E-state index contributed by atoms with van der Waals surface area (Å²) >= 11 is 1.30. The molecule has 0 spiro atoms. The lowest BCUT2D eigenvalue weighted by Gasteiger charge is -2.23. The van der Waals surface area contributed by atoms with Crippen LogP contribution in [0.15, 0.2) is 24.3 Å². The summed E-state index contributed by atoms with van der Waals surface area (Å²) in [5, 5.41) is 4.03. The van der Waals surface area contributed by atoms with E-state index < -0.39 is 0 Å². The van der Waals surface area contributed by atoms with Crippen LogP contribution in [0.5, 0.6) is 5.75 Å². The van der Waals surface area contributed by atoms with Crippen LogP contribution in [0.25, 0.3) is 11.3 Å². The van der Waals surface area contributed by atoms with Gasteiger partial charge in [-0.1, -0.05) is 17.8 Å². The summed E-state index contributed by atoms with van der Waals surface area (Å²) in [4.78, 5) is 16.4. The summed E-state index contributed by atoms with van der Waals surface area (Å²) in [6.07, 6.45) is 3.07. The van der Waals surface area contributed by atoms with Gasteiger partial charge in [0.1, 0.15) is 16.4 Å². The zero-order valence-electron chi connectivity index (χ0n) is 11.8. The Hall–Kier alpha value is -2.08. The van der Waals surface area contributed by atoms with Gasteiger partial charge >= 0.3 is 0 Å². The highest BCUT2D eigenvalue weighted by Crippen LogP contribution is 2.35. The zero-order valence-corrected chi connectivity index (χ0v) is 12.6. The van der Waals surface area contributed by atoms with E-state index >= 15 is 0 Å². The fourth-order valence-electron chi connectivity index (χ4n) is 2.22. The second-order valence-electron chi connectivity index (χ2n) is 5.08. The maximum Gasteiger partial charge on any atom is 0.229 e. The molecule has 1 fully saturated rings. The van der Waals surface area contributed by atoms with Crippen LogP contribution in [0.3, 0.4) is 0 Å². The molecule has 6 heteroatoms. The average Bonchev–Trinajstić information content (AvgIpc) is 2.77. The standard InChI is InChI=1S/C15H17N3O2S/c1-20-11-7-5-9(6-8-11)12-13(16)21-15(17-12)18-14(19)10-3-2-4-10/h5-8,10H,2-4,16H2,1H3,(H,17,18,19). The number of nitrogen functional groups attached to an aromatic ring is 1. The van der Waals surface area contributed by atoms with Gasteiger partial charge in [0.15, 0.2) is 5.13 Å². The number of thiazole rings is 1. The molecule has 0 atom stereocenters. The molecular formula is C15H17N3O2S. The van der Waals surface area contributed by atoms with Crippen LogP contribution in [-0.2, 0) is 4.79 Å². The van der Waals surface area contributed by atoms with E-state index in [2.05, 4.69) is 10.3 Å². The molecule has 0 aliphatic heterocycles. The largest absolute Gasteiger partial charge is 0.497 e. The predicted octanol–water partition coefficient (Wildman–Crippen LogP) is 3.14. The predicted molar refractivity (Wildman–Crippen MR) is 84.5 cm³/mol. The van der Waals surface area contributed by atoms with Crippen molar-refractivity contribution >= 4 is 27.4 Å². The molecule has 0 radical (unpaired) electrons. The van der Waals surface area contributed by atoms with Gasteiger partial charge in [0.05, 0.1) is 7.11 Å². The van der Waals surface area contributed by atoms with Crippen molar-refractivity contribution in [1.29, 1.82) is 0 Å². The first kappa shape index (κ1) is 13.9. The molecule has 1 heterocycles. The first-order chi connectivity index (χ1) is 10.2. The number of nitrogens with zero attached hydrogens (tertiary/aromatic N) is 1. The van der Waals surface area contributed by atoms with E-state index in [0.717, 1.165) is 30.6 Å². The van der Waals surface area contributed by atoms with Crippen molar-refractivity contribution in [3.63, 3.8) is 0 Å². The second kappa shape index (κ2) is 5.73. The molecule has 0 unspecified atom stereocenters. The number of anilines is 2. The van der Waals surface area contributed by atoms with Crippen molar-refractivity contribution in [2.24, 2.45) is 5.92 Å². The molecule has 1 aromatic carbocycles. The highest BCUT2D eigenvalue weighted by atomic mass is 32.1. The highest BCUT2D eigenvalue weighted by molar-refractivity contribution is 7.20. The van der Waals surface area contributed by atoms with Gasteiger partial charge in [-0.15, -0.1) is 0 Å². The topological polar surface area (TPSA) is 77.2 Å². The fourth-order valence-corrected chi connectivity index (χ4v) is 2.98. The van der Waals surface area contributed by atoms with Gasteiger partial charge in [-0.05, 0) is 37.1 Å². The zero-order chi connectivity index (χ0) is 14.8. The number of ether oxygens (including phenoxy) is 1. The number of carbonyl (C=O) groups excluding carboxylic acids is 1. The Bertz CT molecular complexity index is 647. The van der Waals surface area contributed by atoms with E-state index in [4.69, 9.17) is 10.5 Å². The van der Waals surface area contributed by atoms with Crippen LogP contribution in [0, 0.1) is 5.92 Å². The van der Waals surface area contributed by atoms with Crippen LogP contribution in [0.2, 0.25) is 0 Å². The van der Waals surface area contributed by atoms with Crippen LogP contribution in [0.4, 0.5) is 10.1 Å². The lowest BCUT2D eigenvalue weighted by Crippen LogP contribution is -2.27. The van der Waals surface area contributed by atoms with Crippen molar-refractivity contribution in [3.05, 3.63) is 24.3 Å². The molecule has 0 bridgehead atoms. The summed E-state index contributed by atoms with van der Waals surface area (Å²) in [6, 6.07) is 7.53. The molecule has 1 aromatic heterocycles. The van der Waals surface area contributed by atoms with Crippen LogP contribution in [-0.4, -0.2) is 18.0 Å². The number of amides is 1. The fraction of sp³-hybridized carbons (Fsp3) is 0.333. The van der Waals surface area contributed by atoms with Crippen molar-refractivity contribution in [2.45, 2.75) is 19.3 Å². The van der Waals surface area contributed by atoms with Crippen LogP contribution >= 0.6 is 11.3 Å². The number of nitrogens with one attached hydrogen (secondary N) is 1. The van der Waals surface area contributed by atoms with Gasteiger partial charge in [0.2, 0.25) is 5.91 Å². The molecule has 3 N–H and O–H groups in total. The maximum absolute atomic E-state index is 11.9. The van der Waals surface area contributed by atoms with Gasteiger partial charge < -0.3 is 15.8 Å². The monoisotopic (exact) mass is 303 g/mol. The SMILES string of the molecule is COc1ccc(-c2nc(NC(=O)C3CCC3)sc2N)cc1. The van der Waals surface area contributed by atoms with Crippen molar-refractivity contribution in [3.8, 4) is 17.0 Å². The Balaban J connectivity index is 1.78. The average molecular weight is 303 g/mol. The number of hydrogen-bond donors (Lipinski definition) is 2. The minimum absolute atomic E-state index is 0.0521. The summed E-state index contributed by atoms with van der Waals surface area (Å²) in [5.74, 6) is 0.974. The number of aromatic nitrogens is 1. The highest BCUT2D eigenvalue weighted by Gasteiger charge is 2.26. The van der Waals surface area contributed by atoms with E-state index in [1.807, 2.05) is 24.3 Å². The van der Waals surface area contributed by atoms with E-state index in [-0.39, 0.29) is 11.8 Å². The minimum Gasteiger partial charge on any atom is -0.497 e. The van der Waals surface area contributed by atoms with Crippen molar-refractivity contribution in [1.82, 2.24) is 4.98 Å². The normalized spacial score (nSPS) is 14.5. The third-order valence-electron chi connectivity index (χ3n) is 3.72. The van der Waals surface area contributed by atoms with Gasteiger partial charge in [-0.2, -0.15) is 0 Å². The molecule has 3 rings (SSSR count). The summed E-state index contributed by atoms with van der Waals surface area (Å²) in [5.41, 5.74) is 7.63. The summed E-state index contributed by atoms with van der Waals surface area (Å²) in [7, 11) is 1.63. The van der Waals surface area contributed by atoms with E-state index in [1.54, 1.807) is 7.11 Å². The van der Waals surface area contributed by atoms with Gasteiger partial charge in [-0.3, -0.25) is 4.79 Å². The number of carbonyl (C=O) groups is 1. The van der Waals surface area contributed by atoms with E-state index in [9.17, 15) is 4.79 Å². The number of nitrogens with two attached hydrogens (primary N) is 1. The third-order valence-corrected chi connectivity index (χ3v) is 4.52. The number of benzene rings is 1. The molecule has 1 aliphatic rings. The Morgan fingerprint density at radius 2 is 2.10 bits per heavy atom. The molecular weight excluding hydrogens is 286 g/mol. The van der Waals surface area contributed by atoms with Gasteiger partial charge in [0.25, 0.3) is 0 Å². The molecule has 1 saturated carbocycles. The van der Waals surface area contributed by atoms with Crippen LogP contribution in [0.1, 0.15) is 19.3 Å². The minimum atomic E-state index is 0.0521. The molecule has 0 saturated heterocycles. The first-order valence-electron chi connectivity index (χ1n) is 6.89. The van der Waals surface area contributed by atoms with E-state index in [1.165, 1.54) is 11.3 Å². The van der Waals surface area contributed by atoms with E-state index in [0.29, 0.717) is 15.8 Å². The Morgan fingerprint density at radius 1 is 1.38 bits per heavy atom. The lowest BCUT2D eigenvalue weighted by atomic mass is 9.85. The third kappa shape index (κ3) is 2.85. The Morgan fingerprint density at radius 3 is 2.67 bits per heavy atom. The van der Waals surface area contributed by atoms with Crippen molar-refractivity contribution in [2.75, 3.05) is 18.2 Å². The first-order valence-corrected chi connectivity index (χ1v) is 7.70. The van der Waals surface area contributed by atoms with Gasteiger partial charge in [-0.25, -0.2) is 4.98 Å². The Kier molecular flexibility index (Phi) is 3.79. The summed E-state index contributed by atoms with van der Waals surface area (Å²) < 4.78 is 5.13. The molecule has 1 aliphatic carbocycles. The molecule has 110 valence electrons. The Labute approximate surface area is 127 Å². The number of rotatable bonds is 4. The van der Waals surface area contributed by atoms with Crippen molar-refractivity contribution < 1.29 is 9.53 Å². The van der Waals surface area contributed by atoms with Crippen LogP contribution < -0.4 is 15.8 Å². The molecule has 1 amide bonds. The lowest BCUT2D eigenvalue weighted by molar-refractivity contribution is -0.122. The molecule has 5 nitrogen and oxygen atoms in total. The summed E-state index contributed by atoms with van der Waals surface area (Å²) in [6.45, 7) is 0. The molecule has 2 aromatic rings. The molecule has 21 heavy (non-hydrogen) atoms. The second-order valence-corrected chi connectivity index (χ2v) is 6.11. The quantitative estimate of drug-likeness (QED) is 0.909. The number of methoxy groups -OCH3 is 1. The smallest absolute Gasteiger partial charge is 0.229 e. The number of hydrogen-bond acceptors (Lipinski definition) is 5. The van der Waals surface area contributed by atoms with Gasteiger partial charge in [0, 0.05) is 11.5 Å².